The van der Waals surface area contributed by atoms with Crippen LogP contribution in [0.15, 0.2) is 77.2 Å². The minimum atomic E-state index is 0.535. The van der Waals surface area contributed by atoms with Crippen LogP contribution < -0.4 is 9.47 Å². The molecule has 0 N–H and O–H groups in total. The number of nitrogens with zero attached hydrogens (tertiary/aromatic N) is 2. The lowest BCUT2D eigenvalue weighted by molar-refractivity contribution is 0.247. The van der Waals surface area contributed by atoms with Gasteiger partial charge in [-0.2, -0.15) is 10.5 Å². The fourth-order valence-electron chi connectivity index (χ4n) is 3.04. The second-order valence-corrected chi connectivity index (χ2v) is 6.69. The first-order valence-electron chi connectivity index (χ1n) is 9.55. The molecule has 0 saturated carbocycles. The Morgan fingerprint density at radius 2 is 1.30 bits per heavy atom. The summed E-state index contributed by atoms with van der Waals surface area (Å²) in [5.74, 6) is 2.27. The standard InChI is InChI=1S/C25H18N2O3/c26-16-18-2-7-22(8-3-18)28-12-1-13-29-23-9-5-20(6-10-23)25-15-21-14-19(17-27)4-11-24(21)30-25/h2-11,14-15H,1,12-13H2. The van der Waals surface area contributed by atoms with Crippen molar-refractivity contribution in [3.05, 3.63) is 83.9 Å². The first-order valence-corrected chi connectivity index (χ1v) is 9.55. The van der Waals surface area contributed by atoms with E-state index in [1.54, 1.807) is 30.3 Å². The van der Waals surface area contributed by atoms with E-state index in [2.05, 4.69) is 12.1 Å². The molecule has 3 aromatic carbocycles. The summed E-state index contributed by atoms with van der Waals surface area (Å²) >= 11 is 0. The molecule has 5 heteroatoms. The number of rotatable bonds is 7. The highest BCUT2D eigenvalue weighted by Crippen LogP contribution is 2.29. The zero-order valence-electron chi connectivity index (χ0n) is 16.2. The van der Waals surface area contributed by atoms with Crippen molar-refractivity contribution in [2.24, 2.45) is 0 Å². The van der Waals surface area contributed by atoms with Crippen molar-refractivity contribution < 1.29 is 13.9 Å². The summed E-state index contributed by atoms with van der Waals surface area (Å²) in [6.07, 6.45) is 0.743. The highest BCUT2D eigenvalue weighted by atomic mass is 16.5. The van der Waals surface area contributed by atoms with Crippen LogP contribution in [0.4, 0.5) is 0 Å². The normalized spacial score (nSPS) is 10.3. The maximum absolute atomic E-state index is 9.02. The average molecular weight is 394 g/mol. The lowest BCUT2D eigenvalue weighted by Gasteiger charge is -2.08. The summed E-state index contributed by atoms with van der Waals surface area (Å²) < 4.78 is 17.3. The van der Waals surface area contributed by atoms with Crippen LogP contribution in [0.25, 0.3) is 22.3 Å². The Balaban J connectivity index is 1.28. The fraction of sp³-hybridized carbons (Fsp3) is 0.120. The van der Waals surface area contributed by atoms with E-state index in [0.717, 1.165) is 40.2 Å². The van der Waals surface area contributed by atoms with Gasteiger partial charge in [0.1, 0.15) is 22.8 Å². The van der Waals surface area contributed by atoms with E-state index in [9.17, 15) is 0 Å². The predicted octanol–water partition coefficient (Wildman–Crippen LogP) is 5.69. The van der Waals surface area contributed by atoms with Crippen LogP contribution in [0.3, 0.4) is 0 Å². The van der Waals surface area contributed by atoms with E-state index in [-0.39, 0.29) is 0 Å². The monoisotopic (exact) mass is 394 g/mol. The summed E-state index contributed by atoms with van der Waals surface area (Å²) in [6.45, 7) is 1.07. The third-order valence-electron chi connectivity index (χ3n) is 4.59. The van der Waals surface area contributed by atoms with Crippen LogP contribution in [0.1, 0.15) is 17.5 Å². The van der Waals surface area contributed by atoms with Gasteiger partial charge in [-0.25, -0.2) is 0 Å². The van der Waals surface area contributed by atoms with Crippen molar-refractivity contribution in [2.45, 2.75) is 6.42 Å². The van der Waals surface area contributed by atoms with Gasteiger partial charge >= 0.3 is 0 Å². The Labute approximate surface area is 174 Å². The Kier molecular flexibility index (Phi) is 5.64. The number of ether oxygens (including phenoxy) is 2. The van der Waals surface area contributed by atoms with Gasteiger partial charge in [0, 0.05) is 17.4 Å². The Bertz CT molecular complexity index is 1230. The molecule has 0 aliphatic carbocycles. The molecule has 30 heavy (non-hydrogen) atoms. The van der Waals surface area contributed by atoms with Crippen molar-refractivity contribution in [3.8, 4) is 35.0 Å². The van der Waals surface area contributed by atoms with E-state index < -0.39 is 0 Å². The Hall–Kier alpha value is -4.22. The van der Waals surface area contributed by atoms with Gasteiger partial charge in [-0.15, -0.1) is 0 Å². The molecule has 1 heterocycles. The molecule has 146 valence electrons. The van der Waals surface area contributed by atoms with Crippen molar-refractivity contribution in [2.75, 3.05) is 13.2 Å². The van der Waals surface area contributed by atoms with Gasteiger partial charge in [0.15, 0.2) is 0 Å². The molecule has 0 saturated heterocycles. The van der Waals surface area contributed by atoms with Crippen LogP contribution in [-0.2, 0) is 0 Å². The Morgan fingerprint density at radius 1 is 0.700 bits per heavy atom. The SMILES string of the molecule is N#Cc1ccc(OCCCOc2ccc(-c3cc4cc(C#N)ccc4o3)cc2)cc1. The minimum Gasteiger partial charge on any atom is -0.493 e. The summed E-state index contributed by atoms with van der Waals surface area (Å²) in [7, 11) is 0. The van der Waals surface area contributed by atoms with Gasteiger partial charge in [0.2, 0.25) is 0 Å². The zero-order valence-corrected chi connectivity index (χ0v) is 16.2. The average Bonchev–Trinajstić information content (AvgIpc) is 3.23. The van der Waals surface area contributed by atoms with Crippen LogP contribution in [0.2, 0.25) is 0 Å². The molecule has 0 atom stereocenters. The van der Waals surface area contributed by atoms with Crippen molar-refractivity contribution in [1.29, 1.82) is 10.5 Å². The molecule has 0 unspecified atom stereocenters. The van der Waals surface area contributed by atoms with Gasteiger partial charge in [-0.1, -0.05) is 0 Å². The largest absolute Gasteiger partial charge is 0.493 e. The molecule has 4 rings (SSSR count). The molecule has 1 aromatic heterocycles. The van der Waals surface area contributed by atoms with Gasteiger partial charge in [-0.3, -0.25) is 0 Å². The molecule has 5 nitrogen and oxygen atoms in total. The second kappa shape index (κ2) is 8.86. The second-order valence-electron chi connectivity index (χ2n) is 6.69. The molecule has 0 spiro atoms. The van der Waals surface area contributed by atoms with Crippen LogP contribution in [0.5, 0.6) is 11.5 Å². The van der Waals surface area contributed by atoms with E-state index in [1.165, 1.54) is 0 Å². The predicted molar refractivity (Wildman–Crippen MR) is 113 cm³/mol. The molecule has 0 bridgehead atoms. The maximum Gasteiger partial charge on any atom is 0.135 e. The quantitative estimate of drug-likeness (QED) is 0.376. The minimum absolute atomic E-state index is 0.535. The van der Waals surface area contributed by atoms with E-state index in [1.807, 2.05) is 42.5 Å². The molecule has 0 radical (unpaired) electrons. The van der Waals surface area contributed by atoms with Crippen molar-refractivity contribution in [3.63, 3.8) is 0 Å². The highest BCUT2D eigenvalue weighted by Gasteiger charge is 2.07. The number of fused-ring (bicyclic) bond motifs is 1. The van der Waals surface area contributed by atoms with Crippen molar-refractivity contribution >= 4 is 11.0 Å². The maximum atomic E-state index is 9.02. The summed E-state index contributed by atoms with van der Waals surface area (Å²) in [5, 5.41) is 18.7. The number of hydrogen-bond acceptors (Lipinski definition) is 5. The number of benzene rings is 3. The molecule has 4 aromatic rings. The molecule has 0 fully saturated rings. The van der Waals surface area contributed by atoms with Gasteiger partial charge in [0.25, 0.3) is 0 Å². The van der Waals surface area contributed by atoms with E-state index in [0.29, 0.717) is 24.3 Å². The van der Waals surface area contributed by atoms with Gasteiger partial charge < -0.3 is 13.9 Å². The molecular weight excluding hydrogens is 376 g/mol. The fourth-order valence-corrected chi connectivity index (χ4v) is 3.04. The van der Waals surface area contributed by atoms with Crippen LogP contribution in [-0.4, -0.2) is 13.2 Å². The van der Waals surface area contributed by atoms with Crippen LogP contribution >= 0.6 is 0 Å². The van der Waals surface area contributed by atoms with Gasteiger partial charge in [-0.05, 0) is 72.8 Å². The molecule has 0 aliphatic rings. The van der Waals surface area contributed by atoms with E-state index in [4.69, 9.17) is 24.4 Å². The third kappa shape index (κ3) is 4.43. The van der Waals surface area contributed by atoms with E-state index >= 15 is 0 Å². The number of furan rings is 1. The number of hydrogen-bond donors (Lipinski definition) is 0. The molecule has 0 aliphatic heterocycles. The molecular formula is C25H18N2O3. The topological polar surface area (TPSA) is 79.2 Å². The number of nitriles is 2. The van der Waals surface area contributed by atoms with Crippen molar-refractivity contribution in [1.82, 2.24) is 0 Å². The summed E-state index contributed by atoms with van der Waals surface area (Å²) in [5.41, 5.74) is 2.93. The summed E-state index contributed by atoms with van der Waals surface area (Å²) in [6, 6.07) is 26.3. The summed E-state index contributed by atoms with van der Waals surface area (Å²) in [4.78, 5) is 0. The third-order valence-corrected chi connectivity index (χ3v) is 4.59. The lowest BCUT2D eigenvalue weighted by Crippen LogP contribution is -2.04. The van der Waals surface area contributed by atoms with Crippen LogP contribution in [0, 0.1) is 22.7 Å². The molecule has 0 amide bonds. The first kappa shape index (κ1) is 19.1. The van der Waals surface area contributed by atoms with Gasteiger partial charge in [0.05, 0.1) is 36.5 Å². The first-order chi connectivity index (χ1) is 14.7. The lowest BCUT2D eigenvalue weighted by atomic mass is 10.1. The smallest absolute Gasteiger partial charge is 0.135 e. The highest BCUT2D eigenvalue weighted by molar-refractivity contribution is 5.84. The zero-order chi connectivity index (χ0) is 20.8. The Morgan fingerprint density at radius 3 is 1.93 bits per heavy atom.